The van der Waals surface area contributed by atoms with Gasteiger partial charge in [0, 0.05) is 25.0 Å². The third kappa shape index (κ3) is 4.90. The average Bonchev–Trinajstić information content (AvgIpc) is 3.45. The minimum Gasteiger partial charge on any atom is -0.481 e. The number of alkyl carbamates (subject to hydrolysis) is 1. The SMILES string of the molecule is CCC(CC)(CNC(=O)OCC1c2ccccc2-c2ccccc21)C(=O)N1CCC[C@H]1CC(=O)O. The molecule has 0 spiro atoms. The van der Waals surface area contributed by atoms with E-state index in [4.69, 9.17) is 4.74 Å². The number of rotatable bonds is 9. The van der Waals surface area contributed by atoms with Crippen molar-refractivity contribution in [2.24, 2.45) is 5.41 Å². The molecule has 1 atom stereocenters. The van der Waals surface area contributed by atoms with Crippen molar-refractivity contribution < 1.29 is 24.2 Å². The maximum Gasteiger partial charge on any atom is 0.407 e. The van der Waals surface area contributed by atoms with Crippen LogP contribution in [0.2, 0.25) is 0 Å². The molecule has 2 N–H and O–H groups in total. The van der Waals surface area contributed by atoms with Crippen molar-refractivity contribution in [1.29, 1.82) is 0 Å². The fraction of sp³-hybridized carbons (Fsp3) is 0.464. The Morgan fingerprint density at radius 2 is 1.63 bits per heavy atom. The number of carbonyl (C=O) groups excluding carboxylic acids is 2. The molecule has 1 fully saturated rings. The Morgan fingerprint density at radius 1 is 1.03 bits per heavy atom. The summed E-state index contributed by atoms with van der Waals surface area (Å²) in [6, 6.07) is 16.1. The molecule has 0 aromatic heterocycles. The number of amides is 2. The number of carboxylic acid groups (broad SMARTS) is 1. The van der Waals surface area contributed by atoms with Gasteiger partial charge >= 0.3 is 12.1 Å². The van der Waals surface area contributed by atoms with E-state index in [-0.39, 0.29) is 37.4 Å². The number of carboxylic acids is 1. The zero-order valence-electron chi connectivity index (χ0n) is 20.5. The largest absolute Gasteiger partial charge is 0.481 e. The minimum atomic E-state index is -0.898. The summed E-state index contributed by atoms with van der Waals surface area (Å²) in [5, 5.41) is 12.1. The van der Waals surface area contributed by atoms with Gasteiger partial charge in [-0.15, -0.1) is 0 Å². The molecule has 7 nitrogen and oxygen atoms in total. The predicted molar refractivity (Wildman–Crippen MR) is 133 cm³/mol. The highest BCUT2D eigenvalue weighted by atomic mass is 16.5. The molecule has 0 unspecified atom stereocenters. The lowest BCUT2D eigenvalue weighted by atomic mass is 9.80. The van der Waals surface area contributed by atoms with Gasteiger partial charge in [0.05, 0.1) is 11.8 Å². The van der Waals surface area contributed by atoms with Gasteiger partial charge in [0.2, 0.25) is 5.91 Å². The van der Waals surface area contributed by atoms with Gasteiger partial charge in [-0.2, -0.15) is 0 Å². The Labute approximate surface area is 206 Å². The van der Waals surface area contributed by atoms with Gasteiger partial charge in [0.15, 0.2) is 0 Å². The number of ether oxygens (including phenoxy) is 1. The van der Waals surface area contributed by atoms with Crippen LogP contribution in [0.25, 0.3) is 11.1 Å². The lowest BCUT2D eigenvalue weighted by Gasteiger charge is -2.36. The number of aliphatic carboxylic acids is 1. The topological polar surface area (TPSA) is 95.9 Å². The van der Waals surface area contributed by atoms with E-state index in [1.54, 1.807) is 4.90 Å². The average molecular weight is 479 g/mol. The van der Waals surface area contributed by atoms with Gasteiger partial charge in [0.25, 0.3) is 0 Å². The third-order valence-corrected chi connectivity index (χ3v) is 7.77. The number of carbonyl (C=O) groups is 3. The van der Waals surface area contributed by atoms with Gasteiger partial charge in [-0.1, -0.05) is 62.4 Å². The Kier molecular flexibility index (Phi) is 7.43. The van der Waals surface area contributed by atoms with Gasteiger partial charge < -0.3 is 20.1 Å². The van der Waals surface area contributed by atoms with E-state index < -0.39 is 17.5 Å². The van der Waals surface area contributed by atoms with Crippen LogP contribution in [0.4, 0.5) is 4.79 Å². The third-order valence-electron chi connectivity index (χ3n) is 7.77. The van der Waals surface area contributed by atoms with Gasteiger partial charge in [-0.3, -0.25) is 9.59 Å². The normalized spacial score (nSPS) is 17.1. The zero-order chi connectivity index (χ0) is 25.0. The van der Waals surface area contributed by atoms with Crippen LogP contribution in [0.3, 0.4) is 0 Å². The van der Waals surface area contributed by atoms with E-state index in [2.05, 4.69) is 29.6 Å². The van der Waals surface area contributed by atoms with E-state index in [0.29, 0.717) is 25.8 Å². The van der Waals surface area contributed by atoms with Crippen molar-refractivity contribution in [3.05, 3.63) is 59.7 Å². The van der Waals surface area contributed by atoms with Crippen molar-refractivity contribution in [3.8, 4) is 11.1 Å². The molecule has 1 heterocycles. The second-order valence-electron chi connectivity index (χ2n) is 9.56. The van der Waals surface area contributed by atoms with Crippen molar-refractivity contribution in [1.82, 2.24) is 10.2 Å². The van der Waals surface area contributed by atoms with Crippen molar-refractivity contribution in [3.63, 3.8) is 0 Å². The molecule has 1 aliphatic heterocycles. The van der Waals surface area contributed by atoms with Crippen LogP contribution in [0.15, 0.2) is 48.5 Å². The highest BCUT2D eigenvalue weighted by Gasteiger charge is 2.42. The van der Waals surface area contributed by atoms with Crippen molar-refractivity contribution in [2.45, 2.75) is 57.9 Å². The standard InChI is InChI=1S/C28H34N2O5/c1-3-28(4-2,26(33)30-15-9-10-19(30)16-25(31)32)18-29-27(34)35-17-24-22-13-7-5-11-20(22)21-12-6-8-14-23(21)24/h5-8,11-14,19,24H,3-4,9-10,15-18H2,1-2H3,(H,29,34)(H,31,32)/t19-/m0/s1. The summed E-state index contributed by atoms with van der Waals surface area (Å²) in [6.45, 7) is 4.80. The Bertz CT molecular complexity index is 1050. The van der Waals surface area contributed by atoms with E-state index >= 15 is 0 Å². The number of likely N-dealkylation sites (tertiary alicyclic amines) is 1. The molecule has 0 radical (unpaired) electrons. The highest BCUT2D eigenvalue weighted by molar-refractivity contribution is 5.85. The smallest absolute Gasteiger partial charge is 0.407 e. The molecular weight excluding hydrogens is 444 g/mol. The second-order valence-corrected chi connectivity index (χ2v) is 9.56. The van der Waals surface area contributed by atoms with Crippen LogP contribution in [-0.2, 0) is 14.3 Å². The van der Waals surface area contributed by atoms with Crippen molar-refractivity contribution in [2.75, 3.05) is 19.7 Å². The van der Waals surface area contributed by atoms with Crippen LogP contribution in [-0.4, -0.2) is 53.7 Å². The Morgan fingerprint density at radius 3 is 2.20 bits per heavy atom. The molecule has 186 valence electrons. The Hall–Kier alpha value is -3.35. The van der Waals surface area contributed by atoms with E-state index in [1.165, 1.54) is 11.1 Å². The molecule has 1 aliphatic carbocycles. The van der Waals surface area contributed by atoms with E-state index in [0.717, 1.165) is 17.5 Å². The monoisotopic (exact) mass is 478 g/mol. The number of hydrogen-bond acceptors (Lipinski definition) is 4. The van der Waals surface area contributed by atoms with Crippen LogP contribution in [0.5, 0.6) is 0 Å². The van der Waals surface area contributed by atoms with Gasteiger partial charge in [-0.25, -0.2) is 4.79 Å². The lowest BCUT2D eigenvalue weighted by molar-refractivity contribution is -0.145. The zero-order valence-corrected chi connectivity index (χ0v) is 20.5. The molecule has 0 bridgehead atoms. The summed E-state index contributed by atoms with van der Waals surface area (Å²) >= 11 is 0. The van der Waals surface area contributed by atoms with Crippen LogP contribution >= 0.6 is 0 Å². The predicted octanol–water partition coefficient (Wildman–Crippen LogP) is 4.80. The lowest BCUT2D eigenvalue weighted by Crippen LogP contribution is -2.51. The first-order chi connectivity index (χ1) is 16.9. The number of hydrogen-bond donors (Lipinski definition) is 2. The maximum absolute atomic E-state index is 13.5. The molecule has 1 saturated heterocycles. The molecule has 35 heavy (non-hydrogen) atoms. The number of nitrogens with one attached hydrogen (secondary N) is 1. The molecule has 0 saturated carbocycles. The molecule has 2 aromatic carbocycles. The summed E-state index contributed by atoms with van der Waals surface area (Å²) < 4.78 is 5.65. The van der Waals surface area contributed by atoms with Gasteiger partial charge in [0.1, 0.15) is 6.61 Å². The van der Waals surface area contributed by atoms with Crippen LogP contribution in [0.1, 0.15) is 63.0 Å². The summed E-state index contributed by atoms with van der Waals surface area (Å²) in [5.74, 6) is -1.01. The molecule has 4 rings (SSSR count). The summed E-state index contributed by atoms with van der Waals surface area (Å²) in [5.41, 5.74) is 3.84. The fourth-order valence-electron chi connectivity index (χ4n) is 5.59. The highest BCUT2D eigenvalue weighted by Crippen LogP contribution is 2.44. The minimum absolute atomic E-state index is 0.0294. The number of fused-ring (bicyclic) bond motifs is 3. The molecular formula is C28H34N2O5. The number of benzene rings is 2. The molecule has 2 amide bonds. The molecule has 7 heteroatoms. The molecule has 2 aliphatic rings. The summed E-state index contributed by atoms with van der Waals surface area (Å²) in [6.07, 6.45) is 1.99. The maximum atomic E-state index is 13.5. The summed E-state index contributed by atoms with van der Waals surface area (Å²) in [4.78, 5) is 39.2. The summed E-state index contributed by atoms with van der Waals surface area (Å²) in [7, 11) is 0. The molecule has 2 aromatic rings. The first-order valence-corrected chi connectivity index (χ1v) is 12.5. The fourth-order valence-corrected chi connectivity index (χ4v) is 5.59. The van der Waals surface area contributed by atoms with Gasteiger partial charge in [-0.05, 0) is 47.9 Å². The van der Waals surface area contributed by atoms with E-state index in [9.17, 15) is 19.5 Å². The first-order valence-electron chi connectivity index (χ1n) is 12.5. The van der Waals surface area contributed by atoms with Crippen molar-refractivity contribution >= 4 is 18.0 Å². The second kappa shape index (κ2) is 10.5. The van der Waals surface area contributed by atoms with Crippen LogP contribution < -0.4 is 5.32 Å². The van der Waals surface area contributed by atoms with Crippen LogP contribution in [0, 0.1) is 5.41 Å². The Balaban J connectivity index is 1.40. The first kappa shape index (κ1) is 24.8. The van der Waals surface area contributed by atoms with E-state index in [1.807, 2.05) is 38.1 Å². The number of nitrogens with zero attached hydrogens (tertiary/aromatic N) is 1. The quantitative estimate of drug-likeness (QED) is 0.540.